The molecule has 2 rings (SSSR count). The molecule has 0 aromatic carbocycles. The highest BCUT2D eigenvalue weighted by molar-refractivity contribution is 5.31. The lowest BCUT2D eigenvalue weighted by Gasteiger charge is -2.09. The smallest absolute Gasteiger partial charge is 0.223 e. The third-order valence-electron chi connectivity index (χ3n) is 2.11. The second-order valence-electron chi connectivity index (χ2n) is 3.44. The fraction of sp³-hybridized carbons (Fsp3) is 0.167. The van der Waals surface area contributed by atoms with Crippen LogP contribution in [-0.2, 0) is 6.54 Å². The molecule has 2 aromatic heterocycles. The van der Waals surface area contributed by atoms with E-state index >= 15 is 0 Å². The van der Waals surface area contributed by atoms with Gasteiger partial charge in [0, 0.05) is 18.3 Å². The van der Waals surface area contributed by atoms with Crippen LogP contribution in [0.1, 0.15) is 5.56 Å². The molecule has 2 heterocycles. The van der Waals surface area contributed by atoms with Crippen LogP contribution in [0, 0.1) is 5.82 Å². The van der Waals surface area contributed by atoms with Gasteiger partial charge in [-0.15, -0.1) is 0 Å². The number of rotatable bonds is 4. The van der Waals surface area contributed by atoms with E-state index in [1.165, 1.54) is 6.07 Å². The van der Waals surface area contributed by atoms with Gasteiger partial charge in [0.2, 0.25) is 5.88 Å². The Balaban J connectivity index is 2.26. The van der Waals surface area contributed by atoms with Gasteiger partial charge in [0.15, 0.2) is 0 Å². The summed E-state index contributed by atoms with van der Waals surface area (Å²) < 4.78 is 18.6. The van der Waals surface area contributed by atoms with Crippen molar-refractivity contribution in [2.45, 2.75) is 6.54 Å². The van der Waals surface area contributed by atoms with E-state index in [1.54, 1.807) is 31.6 Å². The number of nitrogens with one attached hydrogen (secondary N) is 1. The SMILES string of the molecule is CNCc1cc(F)cnc1Oc1cccnc1. The average Bonchev–Trinajstić information content (AvgIpc) is 2.34. The van der Waals surface area contributed by atoms with E-state index < -0.39 is 0 Å². The normalized spacial score (nSPS) is 10.2. The van der Waals surface area contributed by atoms with Crippen molar-refractivity contribution in [2.24, 2.45) is 0 Å². The fourth-order valence-electron chi connectivity index (χ4n) is 1.40. The summed E-state index contributed by atoms with van der Waals surface area (Å²) in [5, 5.41) is 2.94. The van der Waals surface area contributed by atoms with Gasteiger partial charge < -0.3 is 10.1 Å². The van der Waals surface area contributed by atoms with Crippen LogP contribution in [0.4, 0.5) is 4.39 Å². The van der Waals surface area contributed by atoms with Gasteiger partial charge in [0.05, 0.1) is 12.4 Å². The molecule has 0 fully saturated rings. The maximum Gasteiger partial charge on any atom is 0.223 e. The molecule has 0 unspecified atom stereocenters. The molecule has 0 saturated heterocycles. The third kappa shape index (κ3) is 2.98. The Morgan fingerprint density at radius 2 is 2.29 bits per heavy atom. The van der Waals surface area contributed by atoms with E-state index in [2.05, 4.69) is 15.3 Å². The van der Waals surface area contributed by atoms with Crippen LogP contribution in [0.3, 0.4) is 0 Å². The first kappa shape index (κ1) is 11.5. The molecule has 0 aliphatic carbocycles. The Bertz CT molecular complexity index is 490. The second kappa shape index (κ2) is 5.36. The van der Waals surface area contributed by atoms with Crippen molar-refractivity contribution in [1.29, 1.82) is 0 Å². The van der Waals surface area contributed by atoms with Crippen molar-refractivity contribution in [3.8, 4) is 11.6 Å². The molecule has 0 radical (unpaired) electrons. The van der Waals surface area contributed by atoms with E-state index in [4.69, 9.17) is 4.74 Å². The predicted octanol–water partition coefficient (Wildman–Crippen LogP) is 2.13. The summed E-state index contributed by atoms with van der Waals surface area (Å²) in [6, 6.07) is 4.92. The van der Waals surface area contributed by atoms with Crippen molar-refractivity contribution in [1.82, 2.24) is 15.3 Å². The highest BCUT2D eigenvalue weighted by Gasteiger charge is 2.07. The molecule has 17 heavy (non-hydrogen) atoms. The minimum atomic E-state index is -0.381. The number of ether oxygens (including phenoxy) is 1. The van der Waals surface area contributed by atoms with E-state index in [1.807, 2.05) is 0 Å². The molecule has 1 N–H and O–H groups in total. The van der Waals surface area contributed by atoms with E-state index in [0.29, 0.717) is 23.7 Å². The maximum absolute atomic E-state index is 13.1. The molecule has 5 heteroatoms. The standard InChI is InChI=1S/C12H12FN3O/c1-14-6-9-5-10(13)7-16-12(9)17-11-3-2-4-15-8-11/h2-5,7-8,14H,6H2,1H3. The average molecular weight is 233 g/mol. The minimum Gasteiger partial charge on any atom is -0.437 e. The number of halogens is 1. The molecule has 2 aromatic rings. The van der Waals surface area contributed by atoms with Gasteiger partial charge in [0.1, 0.15) is 11.6 Å². The van der Waals surface area contributed by atoms with Crippen LogP contribution >= 0.6 is 0 Å². The Kier molecular flexibility index (Phi) is 3.62. The minimum absolute atomic E-state index is 0.381. The second-order valence-corrected chi connectivity index (χ2v) is 3.44. The van der Waals surface area contributed by atoms with Gasteiger partial charge in [-0.1, -0.05) is 0 Å². The molecular formula is C12H12FN3O. The summed E-state index contributed by atoms with van der Waals surface area (Å²) in [6.45, 7) is 0.486. The van der Waals surface area contributed by atoms with Crippen LogP contribution in [0.25, 0.3) is 0 Å². The Morgan fingerprint density at radius 1 is 1.41 bits per heavy atom. The van der Waals surface area contributed by atoms with Crippen molar-refractivity contribution in [2.75, 3.05) is 7.05 Å². The summed E-state index contributed by atoms with van der Waals surface area (Å²) in [7, 11) is 1.78. The molecular weight excluding hydrogens is 221 g/mol. The predicted molar refractivity (Wildman–Crippen MR) is 61.3 cm³/mol. The van der Waals surface area contributed by atoms with Crippen molar-refractivity contribution in [3.05, 3.63) is 48.2 Å². The van der Waals surface area contributed by atoms with Crippen LogP contribution in [0.5, 0.6) is 11.6 Å². The topological polar surface area (TPSA) is 47.0 Å². The third-order valence-corrected chi connectivity index (χ3v) is 2.11. The van der Waals surface area contributed by atoms with Crippen LogP contribution in [-0.4, -0.2) is 17.0 Å². The van der Waals surface area contributed by atoms with E-state index in [9.17, 15) is 4.39 Å². The van der Waals surface area contributed by atoms with Gasteiger partial charge >= 0.3 is 0 Å². The largest absolute Gasteiger partial charge is 0.437 e. The summed E-state index contributed by atoms with van der Waals surface area (Å²) in [5.41, 5.74) is 0.663. The summed E-state index contributed by atoms with van der Waals surface area (Å²) in [6.07, 6.45) is 4.36. The Labute approximate surface area is 98.5 Å². The fourth-order valence-corrected chi connectivity index (χ4v) is 1.40. The first-order valence-electron chi connectivity index (χ1n) is 5.16. The molecule has 0 bridgehead atoms. The molecule has 0 spiro atoms. The number of hydrogen-bond donors (Lipinski definition) is 1. The highest BCUT2D eigenvalue weighted by atomic mass is 19.1. The van der Waals surface area contributed by atoms with Crippen LogP contribution in [0.2, 0.25) is 0 Å². The Morgan fingerprint density at radius 3 is 3.00 bits per heavy atom. The lowest BCUT2D eigenvalue weighted by atomic mass is 10.2. The zero-order valence-electron chi connectivity index (χ0n) is 9.35. The van der Waals surface area contributed by atoms with Crippen molar-refractivity contribution in [3.63, 3.8) is 0 Å². The molecule has 0 saturated carbocycles. The van der Waals surface area contributed by atoms with Gasteiger partial charge in [-0.3, -0.25) is 4.98 Å². The van der Waals surface area contributed by atoms with Gasteiger partial charge in [-0.05, 0) is 25.2 Å². The first-order chi connectivity index (χ1) is 8.29. The summed E-state index contributed by atoms with van der Waals surface area (Å²) >= 11 is 0. The van der Waals surface area contributed by atoms with E-state index in [0.717, 1.165) is 6.20 Å². The first-order valence-corrected chi connectivity index (χ1v) is 5.16. The quantitative estimate of drug-likeness (QED) is 0.878. The van der Waals surface area contributed by atoms with Gasteiger partial charge in [-0.25, -0.2) is 9.37 Å². The van der Waals surface area contributed by atoms with Gasteiger partial charge in [0.25, 0.3) is 0 Å². The zero-order chi connectivity index (χ0) is 12.1. The Hall–Kier alpha value is -2.01. The number of nitrogens with zero attached hydrogens (tertiary/aromatic N) is 2. The van der Waals surface area contributed by atoms with Crippen molar-refractivity contribution < 1.29 is 9.13 Å². The molecule has 0 atom stereocenters. The lowest BCUT2D eigenvalue weighted by Crippen LogP contribution is -2.07. The van der Waals surface area contributed by atoms with Gasteiger partial charge in [-0.2, -0.15) is 0 Å². The molecule has 0 aliphatic rings. The van der Waals surface area contributed by atoms with E-state index in [-0.39, 0.29) is 5.82 Å². The molecule has 0 amide bonds. The molecule has 4 nitrogen and oxygen atoms in total. The van der Waals surface area contributed by atoms with Crippen LogP contribution < -0.4 is 10.1 Å². The summed E-state index contributed by atoms with van der Waals surface area (Å²) in [4.78, 5) is 7.86. The lowest BCUT2D eigenvalue weighted by molar-refractivity contribution is 0.448. The van der Waals surface area contributed by atoms with Crippen molar-refractivity contribution >= 4 is 0 Å². The summed E-state index contributed by atoms with van der Waals surface area (Å²) in [5.74, 6) is 0.575. The number of pyridine rings is 2. The monoisotopic (exact) mass is 233 g/mol. The zero-order valence-corrected chi connectivity index (χ0v) is 9.35. The maximum atomic E-state index is 13.1. The van der Waals surface area contributed by atoms with Crippen LogP contribution in [0.15, 0.2) is 36.8 Å². The highest BCUT2D eigenvalue weighted by Crippen LogP contribution is 2.22. The number of hydrogen-bond acceptors (Lipinski definition) is 4. The number of aromatic nitrogens is 2. The molecule has 0 aliphatic heterocycles. The molecule has 88 valence electrons.